The van der Waals surface area contributed by atoms with Gasteiger partial charge in [0, 0.05) is 17.6 Å². The lowest BCUT2D eigenvalue weighted by atomic mass is 10.2. The van der Waals surface area contributed by atoms with Gasteiger partial charge in [0.15, 0.2) is 5.84 Å². The molecule has 0 bridgehead atoms. The summed E-state index contributed by atoms with van der Waals surface area (Å²) in [6.07, 6.45) is 0. The van der Waals surface area contributed by atoms with Gasteiger partial charge in [-0.3, -0.25) is 10.6 Å². The van der Waals surface area contributed by atoms with Crippen molar-refractivity contribution in [2.45, 2.75) is 0 Å². The van der Waals surface area contributed by atoms with E-state index in [1.54, 1.807) is 24.3 Å². The van der Waals surface area contributed by atoms with Gasteiger partial charge in [-0.2, -0.15) is 0 Å². The van der Waals surface area contributed by atoms with Crippen LogP contribution < -0.4 is 0 Å². The monoisotopic (exact) mass is 184 g/mol. The van der Waals surface area contributed by atoms with E-state index in [2.05, 4.69) is 0 Å². The van der Waals surface area contributed by atoms with Gasteiger partial charge in [0.05, 0.1) is 0 Å². The highest BCUT2D eigenvalue weighted by molar-refractivity contribution is 6.30. The van der Waals surface area contributed by atoms with Crippen molar-refractivity contribution in [3.8, 4) is 0 Å². The molecule has 0 heterocycles. The number of benzene rings is 1. The van der Waals surface area contributed by atoms with Gasteiger partial charge in [0.1, 0.15) is 0 Å². The number of nitrogens with zero attached hydrogens (tertiary/aromatic N) is 1. The Labute approximate surface area is 75.7 Å². The molecule has 0 saturated heterocycles. The van der Waals surface area contributed by atoms with Crippen molar-refractivity contribution in [3.05, 3.63) is 34.9 Å². The number of hydrogen-bond donors (Lipinski definition) is 2. The highest BCUT2D eigenvalue weighted by Gasteiger charge is 2.03. The Morgan fingerprint density at radius 1 is 1.42 bits per heavy atom. The number of halogens is 1. The lowest BCUT2D eigenvalue weighted by molar-refractivity contribution is 0.0133. The summed E-state index contributed by atoms with van der Waals surface area (Å²) in [7, 11) is 1.40. The third-order valence-electron chi connectivity index (χ3n) is 1.44. The van der Waals surface area contributed by atoms with Gasteiger partial charge >= 0.3 is 0 Å². The van der Waals surface area contributed by atoms with E-state index >= 15 is 0 Å². The molecule has 1 aromatic carbocycles. The normalized spacial score (nSPS) is 9.58. The summed E-state index contributed by atoms with van der Waals surface area (Å²) < 4.78 is 0. The molecule has 0 unspecified atom stereocenters. The van der Waals surface area contributed by atoms with Crippen LogP contribution in [0.4, 0.5) is 0 Å². The summed E-state index contributed by atoms with van der Waals surface area (Å²) in [5, 5.41) is 17.7. The molecule has 1 aromatic rings. The van der Waals surface area contributed by atoms with Crippen molar-refractivity contribution >= 4 is 17.4 Å². The zero-order valence-electron chi connectivity index (χ0n) is 6.58. The van der Waals surface area contributed by atoms with E-state index in [0.29, 0.717) is 10.6 Å². The fraction of sp³-hybridized carbons (Fsp3) is 0.125. The van der Waals surface area contributed by atoms with E-state index in [1.807, 2.05) is 0 Å². The molecule has 0 spiro atoms. The highest BCUT2D eigenvalue weighted by atomic mass is 35.5. The average molecular weight is 185 g/mol. The highest BCUT2D eigenvalue weighted by Crippen LogP contribution is 2.10. The van der Waals surface area contributed by atoms with E-state index < -0.39 is 0 Å². The lowest BCUT2D eigenvalue weighted by Gasteiger charge is -2.10. The number of hydrogen-bond acceptors (Lipinski definition) is 2. The Kier molecular flexibility index (Phi) is 2.68. The molecule has 12 heavy (non-hydrogen) atoms. The van der Waals surface area contributed by atoms with Crippen molar-refractivity contribution in [2.24, 2.45) is 0 Å². The number of hydroxylamine groups is 2. The quantitative estimate of drug-likeness (QED) is 0.398. The molecule has 0 amide bonds. The molecular formula is C8H9ClN2O. The minimum Gasteiger partial charge on any atom is -0.287 e. The van der Waals surface area contributed by atoms with Crippen LogP contribution in [-0.4, -0.2) is 23.2 Å². The van der Waals surface area contributed by atoms with Crippen LogP contribution >= 0.6 is 11.6 Å². The third kappa shape index (κ3) is 1.96. The van der Waals surface area contributed by atoms with Gasteiger partial charge in [0.2, 0.25) is 0 Å². The maximum atomic E-state index is 8.92. The van der Waals surface area contributed by atoms with E-state index in [1.165, 1.54) is 7.05 Å². The van der Waals surface area contributed by atoms with Crippen LogP contribution in [0.5, 0.6) is 0 Å². The van der Waals surface area contributed by atoms with E-state index in [0.717, 1.165) is 5.06 Å². The van der Waals surface area contributed by atoms with Crippen LogP contribution in [0.1, 0.15) is 5.56 Å². The zero-order valence-corrected chi connectivity index (χ0v) is 7.34. The Morgan fingerprint density at radius 3 is 2.33 bits per heavy atom. The minimum atomic E-state index is 0.0478. The summed E-state index contributed by atoms with van der Waals surface area (Å²) in [4.78, 5) is 0. The standard InChI is InChI=1S/C8H9ClN2O/c1-11(12)8(10)6-2-4-7(9)5-3-6/h2-5,10,12H,1H3. The molecular weight excluding hydrogens is 176 g/mol. The minimum absolute atomic E-state index is 0.0478. The fourth-order valence-corrected chi connectivity index (χ4v) is 0.921. The van der Waals surface area contributed by atoms with Gasteiger partial charge < -0.3 is 0 Å². The summed E-state index contributed by atoms with van der Waals surface area (Å²) in [6.45, 7) is 0. The Hall–Kier alpha value is -1.06. The largest absolute Gasteiger partial charge is 0.287 e. The molecule has 3 nitrogen and oxygen atoms in total. The van der Waals surface area contributed by atoms with Gasteiger partial charge in [-0.25, -0.2) is 5.06 Å². The predicted octanol–water partition coefficient (Wildman–Crippen LogP) is 1.99. The summed E-state index contributed by atoms with van der Waals surface area (Å²) in [5.74, 6) is 0.0478. The molecule has 0 aliphatic rings. The topological polar surface area (TPSA) is 47.3 Å². The zero-order chi connectivity index (χ0) is 9.14. The van der Waals surface area contributed by atoms with Crippen LogP contribution in [0.2, 0.25) is 5.02 Å². The van der Waals surface area contributed by atoms with Gasteiger partial charge in [0.25, 0.3) is 0 Å². The SMILES string of the molecule is CN(O)C(=N)c1ccc(Cl)cc1. The van der Waals surface area contributed by atoms with Gasteiger partial charge in [-0.1, -0.05) is 11.6 Å². The van der Waals surface area contributed by atoms with E-state index in [9.17, 15) is 0 Å². The maximum Gasteiger partial charge on any atom is 0.151 e. The molecule has 64 valence electrons. The molecule has 1 rings (SSSR count). The first-order chi connectivity index (χ1) is 5.61. The first kappa shape index (κ1) is 9.03. The number of amidine groups is 1. The second-order valence-corrected chi connectivity index (χ2v) is 2.82. The smallest absolute Gasteiger partial charge is 0.151 e. The fourth-order valence-electron chi connectivity index (χ4n) is 0.795. The second kappa shape index (κ2) is 3.56. The summed E-state index contributed by atoms with van der Waals surface area (Å²) in [5.41, 5.74) is 0.629. The molecule has 0 atom stereocenters. The molecule has 0 aromatic heterocycles. The molecule has 4 heteroatoms. The molecule has 0 radical (unpaired) electrons. The molecule has 0 aliphatic carbocycles. The van der Waals surface area contributed by atoms with Crippen molar-refractivity contribution < 1.29 is 5.21 Å². The first-order valence-corrected chi connectivity index (χ1v) is 3.76. The lowest BCUT2D eigenvalue weighted by Crippen LogP contribution is -2.22. The predicted molar refractivity (Wildman–Crippen MR) is 47.8 cm³/mol. The van der Waals surface area contributed by atoms with Crippen LogP contribution in [0.25, 0.3) is 0 Å². The molecule has 0 fully saturated rings. The van der Waals surface area contributed by atoms with Crippen LogP contribution in [-0.2, 0) is 0 Å². The number of nitrogens with one attached hydrogen (secondary N) is 1. The first-order valence-electron chi connectivity index (χ1n) is 3.38. The maximum absolute atomic E-state index is 8.92. The van der Waals surface area contributed by atoms with Gasteiger partial charge in [-0.05, 0) is 24.3 Å². The van der Waals surface area contributed by atoms with Crippen LogP contribution in [0.3, 0.4) is 0 Å². The van der Waals surface area contributed by atoms with Crippen LogP contribution in [0, 0.1) is 5.41 Å². The van der Waals surface area contributed by atoms with Crippen molar-refractivity contribution in [3.63, 3.8) is 0 Å². The van der Waals surface area contributed by atoms with E-state index in [-0.39, 0.29) is 5.84 Å². The average Bonchev–Trinajstić information content (AvgIpc) is 2.04. The second-order valence-electron chi connectivity index (χ2n) is 2.38. The summed E-state index contributed by atoms with van der Waals surface area (Å²) in [6, 6.07) is 6.71. The molecule has 0 saturated carbocycles. The van der Waals surface area contributed by atoms with Crippen molar-refractivity contribution in [2.75, 3.05) is 7.05 Å². The molecule has 0 aliphatic heterocycles. The van der Waals surface area contributed by atoms with Gasteiger partial charge in [-0.15, -0.1) is 0 Å². The number of rotatable bonds is 1. The Morgan fingerprint density at radius 2 is 1.92 bits per heavy atom. The molecule has 2 N–H and O–H groups in total. The summed E-state index contributed by atoms with van der Waals surface area (Å²) >= 11 is 5.65. The third-order valence-corrected chi connectivity index (χ3v) is 1.69. The van der Waals surface area contributed by atoms with E-state index in [4.69, 9.17) is 22.2 Å². The Bertz CT molecular complexity index is 282. The Balaban J connectivity index is 2.90. The van der Waals surface area contributed by atoms with Crippen molar-refractivity contribution in [1.29, 1.82) is 5.41 Å². The van der Waals surface area contributed by atoms with Crippen LogP contribution in [0.15, 0.2) is 24.3 Å². The van der Waals surface area contributed by atoms with Crippen molar-refractivity contribution in [1.82, 2.24) is 5.06 Å².